The molecule has 0 bridgehead atoms. The lowest BCUT2D eigenvalue weighted by Gasteiger charge is -1.81. The molecule has 1 aromatic heterocycles. The summed E-state index contributed by atoms with van der Waals surface area (Å²) < 4.78 is 64.3. The minimum atomic E-state index is -5.23. The van der Waals surface area contributed by atoms with Crippen LogP contribution in [0.5, 0.6) is 0 Å². The van der Waals surface area contributed by atoms with Crippen molar-refractivity contribution in [2.75, 3.05) is 0 Å². The highest BCUT2D eigenvalue weighted by atomic mass is 32.3. The van der Waals surface area contributed by atoms with E-state index in [0.717, 1.165) is 0 Å². The SMILES string of the molecule is O=S(=O)(F)c1n[nH]c(S(=O)(=O)F)n1. The average Bonchev–Trinajstić information content (AvgIpc) is 2.28. The van der Waals surface area contributed by atoms with Gasteiger partial charge in [0.15, 0.2) is 0 Å². The lowest BCUT2D eigenvalue weighted by Crippen LogP contribution is -1.96. The van der Waals surface area contributed by atoms with Gasteiger partial charge in [0.05, 0.1) is 0 Å². The molecule has 0 saturated carbocycles. The molecule has 1 N–H and O–H groups in total. The van der Waals surface area contributed by atoms with Gasteiger partial charge in [0.1, 0.15) is 0 Å². The van der Waals surface area contributed by atoms with E-state index in [1.54, 1.807) is 0 Å². The van der Waals surface area contributed by atoms with Crippen LogP contribution in [-0.2, 0) is 20.4 Å². The number of halogens is 2. The molecule has 11 heteroatoms. The van der Waals surface area contributed by atoms with Gasteiger partial charge in [-0.1, -0.05) is 7.77 Å². The van der Waals surface area contributed by atoms with Crippen LogP contribution in [0.4, 0.5) is 7.77 Å². The van der Waals surface area contributed by atoms with E-state index in [1.165, 1.54) is 5.10 Å². The van der Waals surface area contributed by atoms with Gasteiger partial charge in [-0.2, -0.15) is 21.8 Å². The van der Waals surface area contributed by atoms with Gasteiger partial charge in [-0.3, -0.25) is 0 Å². The first kappa shape index (κ1) is 9.98. The van der Waals surface area contributed by atoms with Gasteiger partial charge in [-0.15, -0.1) is 5.10 Å². The van der Waals surface area contributed by atoms with E-state index in [2.05, 4.69) is 10.1 Å². The Kier molecular flexibility index (Phi) is 2.07. The Hall–Kier alpha value is -1.10. The number of nitrogens with zero attached hydrogens (tertiary/aromatic N) is 2. The predicted molar refractivity (Wildman–Crippen MR) is 33.0 cm³/mol. The van der Waals surface area contributed by atoms with Crippen molar-refractivity contribution < 1.29 is 24.6 Å². The van der Waals surface area contributed by atoms with Crippen molar-refractivity contribution in [3.63, 3.8) is 0 Å². The van der Waals surface area contributed by atoms with E-state index in [-0.39, 0.29) is 0 Å². The summed E-state index contributed by atoms with van der Waals surface area (Å²) in [6.45, 7) is 0. The zero-order valence-electron chi connectivity index (χ0n) is 5.60. The van der Waals surface area contributed by atoms with Crippen LogP contribution < -0.4 is 0 Å². The third-order valence-electron chi connectivity index (χ3n) is 0.893. The summed E-state index contributed by atoms with van der Waals surface area (Å²) in [5.41, 5.74) is 0. The minimum Gasteiger partial charge on any atom is -0.246 e. The molecule has 1 aromatic rings. The number of hydrogen-bond acceptors (Lipinski definition) is 6. The maximum absolute atomic E-state index is 12.0. The molecule has 0 saturated heterocycles. The summed E-state index contributed by atoms with van der Waals surface area (Å²) in [7, 11) is -10.4. The topological polar surface area (TPSA) is 110 Å². The fourth-order valence-corrected chi connectivity index (χ4v) is 1.21. The molecule has 1 rings (SSSR count). The van der Waals surface area contributed by atoms with Crippen LogP contribution in [0.2, 0.25) is 0 Å². The molecule has 7 nitrogen and oxygen atoms in total. The lowest BCUT2D eigenvalue weighted by molar-refractivity contribution is 0.540. The van der Waals surface area contributed by atoms with Crippen molar-refractivity contribution in [2.24, 2.45) is 0 Å². The maximum Gasteiger partial charge on any atom is 0.369 e. The number of aromatic nitrogens is 3. The van der Waals surface area contributed by atoms with Crippen LogP contribution in [0, 0.1) is 0 Å². The molecule has 0 aliphatic rings. The van der Waals surface area contributed by atoms with E-state index in [4.69, 9.17) is 0 Å². The molecule has 0 amide bonds. The predicted octanol–water partition coefficient (Wildman–Crippen LogP) is -0.879. The fraction of sp³-hybridized carbons (Fsp3) is 0. The maximum atomic E-state index is 12.0. The van der Waals surface area contributed by atoms with Crippen molar-refractivity contribution >= 4 is 20.4 Å². The molecule has 0 fully saturated rings. The van der Waals surface area contributed by atoms with Gasteiger partial charge < -0.3 is 0 Å². The molecular formula is C2HF2N3O4S2. The highest BCUT2D eigenvalue weighted by molar-refractivity contribution is 7.86. The molecule has 74 valence electrons. The number of H-pyrrole nitrogens is 1. The van der Waals surface area contributed by atoms with Gasteiger partial charge in [-0.25, -0.2) is 5.10 Å². The van der Waals surface area contributed by atoms with Crippen molar-refractivity contribution in [1.29, 1.82) is 0 Å². The van der Waals surface area contributed by atoms with E-state index in [9.17, 15) is 24.6 Å². The Morgan fingerprint density at radius 2 is 1.62 bits per heavy atom. The van der Waals surface area contributed by atoms with E-state index >= 15 is 0 Å². The molecule has 0 unspecified atom stereocenters. The fourth-order valence-electron chi connectivity index (χ4n) is 0.451. The van der Waals surface area contributed by atoms with Crippen molar-refractivity contribution in [2.45, 2.75) is 10.3 Å². The van der Waals surface area contributed by atoms with Crippen LogP contribution >= 0.6 is 0 Å². The van der Waals surface area contributed by atoms with Gasteiger partial charge in [0.2, 0.25) is 0 Å². The third kappa shape index (κ3) is 2.18. The van der Waals surface area contributed by atoms with Crippen LogP contribution in [0.1, 0.15) is 0 Å². The van der Waals surface area contributed by atoms with E-state index in [0.29, 0.717) is 0 Å². The zero-order valence-corrected chi connectivity index (χ0v) is 7.23. The average molecular weight is 233 g/mol. The van der Waals surface area contributed by atoms with Crippen molar-refractivity contribution in [3.8, 4) is 0 Å². The molecule has 0 atom stereocenters. The standard InChI is InChI=1S/C2HF2N3O4S2/c3-12(8,9)1-5-2(7-6-1)13(4,10)11/h(H,5,6,7). The summed E-state index contributed by atoms with van der Waals surface area (Å²) in [6.07, 6.45) is 0. The van der Waals surface area contributed by atoms with Crippen molar-refractivity contribution in [1.82, 2.24) is 15.2 Å². The van der Waals surface area contributed by atoms with Crippen LogP contribution in [0.15, 0.2) is 10.3 Å². The summed E-state index contributed by atoms with van der Waals surface area (Å²) in [5, 5.41) is 1.26. The highest BCUT2D eigenvalue weighted by Crippen LogP contribution is 2.10. The molecule has 0 aliphatic heterocycles. The van der Waals surface area contributed by atoms with E-state index < -0.39 is 30.8 Å². The second kappa shape index (κ2) is 2.70. The van der Waals surface area contributed by atoms with Crippen LogP contribution in [0.25, 0.3) is 0 Å². The number of hydrogen-bond donors (Lipinski definition) is 1. The Balaban J connectivity index is 3.32. The second-order valence-electron chi connectivity index (χ2n) is 1.80. The number of rotatable bonds is 2. The van der Waals surface area contributed by atoms with E-state index in [1.807, 2.05) is 0 Å². The highest BCUT2D eigenvalue weighted by Gasteiger charge is 2.24. The Labute approximate surface area is 71.2 Å². The van der Waals surface area contributed by atoms with Crippen LogP contribution in [-0.4, -0.2) is 32.0 Å². The molecule has 13 heavy (non-hydrogen) atoms. The molecule has 0 aliphatic carbocycles. The summed E-state index contributed by atoms with van der Waals surface area (Å²) in [5.74, 6) is 0. The molecule has 0 aromatic carbocycles. The van der Waals surface area contributed by atoms with Crippen LogP contribution in [0.3, 0.4) is 0 Å². The quantitative estimate of drug-likeness (QED) is 0.664. The van der Waals surface area contributed by atoms with Gasteiger partial charge in [-0.05, 0) is 0 Å². The first-order chi connectivity index (χ1) is 5.71. The first-order valence-corrected chi connectivity index (χ1v) is 5.29. The molecule has 0 spiro atoms. The third-order valence-corrected chi connectivity index (χ3v) is 2.16. The van der Waals surface area contributed by atoms with Crippen molar-refractivity contribution in [3.05, 3.63) is 0 Å². The van der Waals surface area contributed by atoms with Gasteiger partial charge in [0.25, 0.3) is 10.3 Å². The number of nitrogens with one attached hydrogen (secondary N) is 1. The molecular weight excluding hydrogens is 232 g/mol. The summed E-state index contributed by atoms with van der Waals surface area (Å²) in [4.78, 5) is 2.56. The lowest BCUT2D eigenvalue weighted by atomic mass is 11.3. The summed E-state index contributed by atoms with van der Waals surface area (Å²) in [6, 6.07) is 0. The Morgan fingerprint density at radius 1 is 1.08 bits per heavy atom. The first-order valence-electron chi connectivity index (χ1n) is 2.53. The number of aromatic amines is 1. The minimum absolute atomic E-state index is 1.36. The molecule has 1 heterocycles. The van der Waals surface area contributed by atoms with Gasteiger partial charge >= 0.3 is 20.4 Å². The zero-order chi connectivity index (χ0) is 10.3. The molecule has 0 radical (unpaired) electrons. The smallest absolute Gasteiger partial charge is 0.246 e. The monoisotopic (exact) mass is 233 g/mol. The Bertz CT molecular complexity index is 469. The Morgan fingerprint density at radius 3 is 1.85 bits per heavy atom. The summed E-state index contributed by atoms with van der Waals surface area (Å²) >= 11 is 0. The second-order valence-corrected chi connectivity index (χ2v) is 4.30. The van der Waals surface area contributed by atoms with Gasteiger partial charge in [0, 0.05) is 0 Å². The normalized spacial score (nSPS) is 13.1. The largest absolute Gasteiger partial charge is 0.369 e.